The highest BCUT2D eigenvalue weighted by atomic mass is 35.5. The fraction of sp³-hybridized carbons (Fsp3) is 0.476. The molecule has 0 aliphatic heterocycles. The summed E-state index contributed by atoms with van der Waals surface area (Å²) >= 11 is 6.11. The van der Waals surface area contributed by atoms with E-state index in [1.54, 1.807) is 6.07 Å². The largest absolute Gasteiger partial charge is 0.490 e. The minimum Gasteiger partial charge on any atom is -0.490 e. The first-order valence-corrected chi connectivity index (χ1v) is 10.1. The van der Waals surface area contributed by atoms with Crippen molar-refractivity contribution in [1.29, 1.82) is 5.26 Å². The van der Waals surface area contributed by atoms with Crippen LogP contribution in [0.4, 0.5) is 0 Å². The summed E-state index contributed by atoms with van der Waals surface area (Å²) in [4.78, 5) is 14.5. The Labute approximate surface area is 176 Å². The molecule has 1 aliphatic rings. The summed E-state index contributed by atoms with van der Waals surface area (Å²) in [5.74, 6) is 1.03. The van der Waals surface area contributed by atoms with Crippen molar-refractivity contribution in [2.24, 2.45) is 5.73 Å². The van der Waals surface area contributed by atoms with E-state index in [9.17, 15) is 4.79 Å². The van der Waals surface area contributed by atoms with E-state index in [1.165, 1.54) is 25.5 Å². The molecule has 2 N–H and O–H groups in total. The number of carbonyl (C=O) groups is 1. The van der Waals surface area contributed by atoms with Crippen molar-refractivity contribution in [1.82, 2.24) is 15.2 Å². The Hall–Kier alpha value is -2.72. The highest BCUT2D eigenvalue weighted by Gasteiger charge is 2.17. The van der Waals surface area contributed by atoms with Crippen LogP contribution in [0.3, 0.4) is 0 Å². The lowest BCUT2D eigenvalue weighted by Crippen LogP contribution is -2.20. The first-order valence-electron chi connectivity index (χ1n) is 9.68. The Morgan fingerprint density at radius 3 is 2.48 bits per heavy atom. The van der Waals surface area contributed by atoms with Gasteiger partial charge in [0.1, 0.15) is 11.8 Å². The van der Waals surface area contributed by atoms with Gasteiger partial charge in [0, 0.05) is 11.5 Å². The molecule has 1 aliphatic carbocycles. The Balaban J connectivity index is 0.000000221. The normalized spacial score (nSPS) is 13.9. The van der Waals surface area contributed by atoms with Crippen molar-refractivity contribution in [3.63, 3.8) is 0 Å². The van der Waals surface area contributed by atoms with E-state index >= 15 is 0 Å². The average molecular weight is 416 g/mol. The molecule has 0 atom stereocenters. The number of aromatic nitrogens is 3. The fourth-order valence-corrected chi connectivity index (χ4v) is 3.10. The lowest BCUT2D eigenvalue weighted by molar-refractivity contribution is 0.0994. The SMILES string of the molecule is CC(C)c1ncc(C(N)=O)nn1.Cc1c(OC2CCCCC2)ccc(C#N)c1Cl. The molecular weight excluding hydrogens is 390 g/mol. The van der Waals surface area contributed by atoms with Gasteiger partial charge in [0.25, 0.3) is 5.91 Å². The molecule has 0 unspecified atom stereocenters. The summed E-state index contributed by atoms with van der Waals surface area (Å²) < 4.78 is 5.97. The van der Waals surface area contributed by atoms with E-state index in [1.807, 2.05) is 26.8 Å². The molecule has 3 rings (SSSR count). The lowest BCUT2D eigenvalue weighted by Gasteiger charge is -2.24. The maximum absolute atomic E-state index is 10.6. The number of hydrogen-bond acceptors (Lipinski definition) is 6. The van der Waals surface area contributed by atoms with Gasteiger partial charge >= 0.3 is 0 Å². The van der Waals surface area contributed by atoms with Crippen LogP contribution < -0.4 is 10.5 Å². The number of primary amides is 1. The van der Waals surface area contributed by atoms with Crippen LogP contribution in [0, 0.1) is 18.3 Å². The molecule has 8 heteroatoms. The van der Waals surface area contributed by atoms with E-state index in [-0.39, 0.29) is 11.6 Å². The van der Waals surface area contributed by atoms with Crippen molar-refractivity contribution >= 4 is 17.5 Å². The Bertz CT molecular complexity index is 872. The third-order valence-electron chi connectivity index (χ3n) is 4.65. The molecule has 1 aromatic heterocycles. The molecule has 0 bridgehead atoms. The van der Waals surface area contributed by atoms with Gasteiger partial charge in [-0.3, -0.25) is 4.79 Å². The third kappa shape index (κ3) is 6.40. The molecule has 1 amide bonds. The first-order chi connectivity index (χ1) is 13.8. The zero-order valence-corrected chi connectivity index (χ0v) is 17.7. The summed E-state index contributed by atoms with van der Waals surface area (Å²) in [6.07, 6.45) is 7.69. The van der Waals surface area contributed by atoms with Gasteiger partial charge in [-0.15, -0.1) is 10.2 Å². The number of nitrogens with zero attached hydrogens (tertiary/aromatic N) is 4. The van der Waals surface area contributed by atoms with Crippen LogP contribution >= 0.6 is 11.6 Å². The Morgan fingerprint density at radius 2 is 1.97 bits per heavy atom. The number of benzene rings is 1. The molecule has 154 valence electrons. The highest BCUT2D eigenvalue weighted by molar-refractivity contribution is 6.32. The van der Waals surface area contributed by atoms with Crippen LogP contribution in [0.2, 0.25) is 5.02 Å². The number of rotatable bonds is 4. The average Bonchev–Trinajstić information content (AvgIpc) is 2.73. The summed E-state index contributed by atoms with van der Waals surface area (Å²) in [5, 5.41) is 16.7. The van der Waals surface area contributed by atoms with Gasteiger partial charge in [0.2, 0.25) is 0 Å². The van der Waals surface area contributed by atoms with Crippen molar-refractivity contribution in [3.8, 4) is 11.8 Å². The number of halogens is 1. The van der Waals surface area contributed by atoms with E-state index in [2.05, 4.69) is 21.3 Å². The van der Waals surface area contributed by atoms with Crippen LogP contribution in [-0.4, -0.2) is 27.2 Å². The molecule has 29 heavy (non-hydrogen) atoms. The van der Waals surface area contributed by atoms with Crippen LogP contribution in [0.15, 0.2) is 18.3 Å². The van der Waals surface area contributed by atoms with Gasteiger partial charge in [-0.05, 0) is 44.7 Å². The van der Waals surface area contributed by atoms with E-state index in [0.717, 1.165) is 24.2 Å². The maximum atomic E-state index is 10.6. The molecular formula is C21H26ClN5O2. The number of nitriles is 1. The molecule has 0 saturated heterocycles. The molecule has 1 heterocycles. The zero-order chi connectivity index (χ0) is 21.4. The minimum absolute atomic E-state index is 0.0967. The number of hydrogen-bond donors (Lipinski definition) is 1. The lowest BCUT2D eigenvalue weighted by atomic mass is 9.97. The van der Waals surface area contributed by atoms with Crippen LogP contribution in [-0.2, 0) is 0 Å². The number of nitrogens with two attached hydrogens (primary N) is 1. The van der Waals surface area contributed by atoms with Gasteiger partial charge in [-0.25, -0.2) is 4.98 Å². The quantitative estimate of drug-likeness (QED) is 0.794. The van der Waals surface area contributed by atoms with Gasteiger partial charge in [0.05, 0.1) is 22.9 Å². The number of carbonyl (C=O) groups excluding carboxylic acids is 1. The predicted molar refractivity (Wildman–Crippen MR) is 111 cm³/mol. The van der Waals surface area contributed by atoms with Gasteiger partial charge in [0.15, 0.2) is 11.5 Å². The van der Waals surface area contributed by atoms with Gasteiger partial charge in [-0.2, -0.15) is 5.26 Å². The van der Waals surface area contributed by atoms with E-state index < -0.39 is 5.91 Å². The predicted octanol–water partition coefficient (Wildman–Crippen LogP) is 4.33. The number of amides is 1. The highest BCUT2D eigenvalue weighted by Crippen LogP contribution is 2.31. The second-order valence-electron chi connectivity index (χ2n) is 7.26. The van der Waals surface area contributed by atoms with Crippen molar-refractivity contribution < 1.29 is 9.53 Å². The van der Waals surface area contributed by atoms with E-state index in [0.29, 0.717) is 22.5 Å². The molecule has 0 radical (unpaired) electrons. The molecule has 0 spiro atoms. The monoisotopic (exact) mass is 415 g/mol. The zero-order valence-electron chi connectivity index (χ0n) is 17.0. The van der Waals surface area contributed by atoms with Crippen molar-refractivity contribution in [3.05, 3.63) is 46.0 Å². The number of ether oxygens (including phenoxy) is 1. The minimum atomic E-state index is -0.606. The first kappa shape index (κ1) is 22.6. The summed E-state index contributed by atoms with van der Waals surface area (Å²) in [7, 11) is 0. The summed E-state index contributed by atoms with van der Waals surface area (Å²) in [6, 6.07) is 5.66. The maximum Gasteiger partial charge on any atom is 0.270 e. The summed E-state index contributed by atoms with van der Waals surface area (Å²) in [6.45, 7) is 5.79. The molecule has 1 aromatic carbocycles. The van der Waals surface area contributed by atoms with Crippen LogP contribution in [0.1, 0.15) is 79.3 Å². The van der Waals surface area contributed by atoms with Crippen molar-refractivity contribution in [2.75, 3.05) is 0 Å². The van der Waals surface area contributed by atoms with Crippen LogP contribution in [0.25, 0.3) is 0 Å². The topological polar surface area (TPSA) is 115 Å². The second-order valence-corrected chi connectivity index (χ2v) is 7.64. The van der Waals surface area contributed by atoms with Gasteiger partial charge < -0.3 is 10.5 Å². The third-order valence-corrected chi connectivity index (χ3v) is 5.14. The Morgan fingerprint density at radius 1 is 1.28 bits per heavy atom. The molecule has 2 aromatic rings. The fourth-order valence-electron chi connectivity index (χ4n) is 2.91. The van der Waals surface area contributed by atoms with Crippen LogP contribution in [0.5, 0.6) is 5.75 Å². The molecule has 7 nitrogen and oxygen atoms in total. The second kappa shape index (κ2) is 10.7. The smallest absolute Gasteiger partial charge is 0.270 e. The Kier molecular flexibility index (Phi) is 8.34. The standard InChI is InChI=1S/C14H16ClNO.C7H10N4O/c1-10-13(8-7-11(9-16)14(10)15)17-12-5-3-2-4-6-12;1-4(2)7-9-3-5(6(8)12)10-11-7/h7-8,12H,2-6H2,1H3;3-4H,1-2H3,(H2,8,12). The molecule has 1 saturated carbocycles. The van der Waals surface area contributed by atoms with E-state index in [4.69, 9.17) is 27.3 Å². The summed E-state index contributed by atoms with van der Waals surface area (Å²) in [5.41, 5.74) is 6.44. The molecule has 1 fully saturated rings. The van der Waals surface area contributed by atoms with Gasteiger partial charge in [-0.1, -0.05) is 31.9 Å². The van der Waals surface area contributed by atoms with Crippen molar-refractivity contribution in [2.45, 2.75) is 64.9 Å².